The molecule has 0 aromatic rings. The Morgan fingerprint density at radius 3 is 1.86 bits per heavy atom. The Kier molecular flexibility index (Phi) is 1.38. The van der Waals surface area contributed by atoms with Crippen LogP contribution in [0.4, 0.5) is 0 Å². The van der Waals surface area contributed by atoms with Gasteiger partial charge in [0.1, 0.15) is 0 Å². The lowest BCUT2D eigenvalue weighted by molar-refractivity contribution is -0.177. The summed E-state index contributed by atoms with van der Waals surface area (Å²) in [6.07, 6.45) is 9.44. The van der Waals surface area contributed by atoms with Crippen molar-refractivity contribution in [3.8, 4) is 0 Å². The maximum Gasteiger partial charge on any atom is 0.0275 e. The van der Waals surface area contributed by atoms with E-state index in [1.165, 1.54) is 13.0 Å². The number of hydrogen-bond acceptors (Lipinski definition) is 1. The molecular weight excluding hydrogens is 170 g/mol. The number of likely N-dealkylation sites (tertiary alicyclic amines) is 1. The Morgan fingerprint density at radius 2 is 1.50 bits per heavy atom. The lowest BCUT2D eigenvalue weighted by Gasteiger charge is -2.69. The second-order valence-electron chi connectivity index (χ2n) is 6.47. The zero-order valence-electron chi connectivity index (χ0n) is 9.21. The molecule has 0 N–H and O–H groups in total. The molecule has 14 heavy (non-hydrogen) atoms. The molecule has 5 fully saturated rings. The van der Waals surface area contributed by atoms with Crippen LogP contribution < -0.4 is 0 Å². The van der Waals surface area contributed by atoms with E-state index in [0.717, 1.165) is 23.7 Å². The van der Waals surface area contributed by atoms with E-state index in [-0.39, 0.29) is 0 Å². The van der Waals surface area contributed by atoms with Crippen molar-refractivity contribution in [2.24, 2.45) is 23.7 Å². The van der Waals surface area contributed by atoms with Gasteiger partial charge in [0.2, 0.25) is 0 Å². The van der Waals surface area contributed by atoms with Gasteiger partial charge in [-0.2, -0.15) is 0 Å². The van der Waals surface area contributed by atoms with Crippen LogP contribution in [0.1, 0.15) is 38.5 Å². The summed E-state index contributed by atoms with van der Waals surface area (Å²) in [4.78, 5) is 2.71. The molecule has 0 aromatic heterocycles. The van der Waals surface area contributed by atoms with Crippen LogP contribution in [0, 0.1) is 23.7 Å². The molecule has 4 aliphatic carbocycles. The topological polar surface area (TPSA) is 3.24 Å². The molecule has 0 unspecified atom stereocenters. The van der Waals surface area contributed by atoms with Crippen LogP contribution in [0.3, 0.4) is 0 Å². The van der Waals surface area contributed by atoms with Gasteiger partial charge < -0.3 is 4.90 Å². The van der Waals surface area contributed by atoms with E-state index in [1.54, 1.807) is 32.1 Å². The Balaban J connectivity index is 1.74. The van der Waals surface area contributed by atoms with Crippen molar-refractivity contribution in [3.05, 3.63) is 0 Å². The Hall–Kier alpha value is -0.0400. The lowest BCUT2D eigenvalue weighted by atomic mass is 9.45. The van der Waals surface area contributed by atoms with Gasteiger partial charge >= 0.3 is 0 Å². The molecule has 5 rings (SSSR count). The Labute approximate surface area is 86.9 Å². The van der Waals surface area contributed by atoms with Gasteiger partial charge in [0, 0.05) is 12.1 Å². The van der Waals surface area contributed by atoms with Crippen LogP contribution in [0.15, 0.2) is 0 Å². The zero-order valence-corrected chi connectivity index (χ0v) is 9.21. The van der Waals surface area contributed by atoms with E-state index in [1.807, 2.05) is 0 Å². The molecule has 0 radical (unpaired) electrons. The molecule has 1 aliphatic heterocycles. The fraction of sp³-hybridized carbons (Fsp3) is 1.00. The standard InChI is InChI=1S/C13H21N/c1-14-3-2-13(14)11-5-9-4-10(7-11)8-12(13)6-9/h9-12H,2-8H2,1H3/t9-,10-,11-,12+,13?. The molecule has 1 nitrogen and oxygen atoms in total. The van der Waals surface area contributed by atoms with Crippen molar-refractivity contribution in [3.63, 3.8) is 0 Å². The van der Waals surface area contributed by atoms with Crippen LogP contribution in [0.2, 0.25) is 0 Å². The molecule has 4 saturated carbocycles. The summed E-state index contributed by atoms with van der Waals surface area (Å²) in [7, 11) is 2.38. The van der Waals surface area contributed by atoms with Gasteiger partial charge in [-0.15, -0.1) is 0 Å². The monoisotopic (exact) mass is 191 g/mol. The minimum absolute atomic E-state index is 0.716. The molecule has 0 amide bonds. The molecule has 1 saturated heterocycles. The third-order valence-electron chi connectivity index (χ3n) is 6.11. The summed E-state index contributed by atoms with van der Waals surface area (Å²) < 4.78 is 0. The van der Waals surface area contributed by atoms with Crippen LogP contribution in [-0.2, 0) is 0 Å². The summed E-state index contributed by atoms with van der Waals surface area (Å²) in [5.41, 5.74) is 0.716. The highest BCUT2D eigenvalue weighted by atomic mass is 15.3. The largest absolute Gasteiger partial charge is 0.300 e. The van der Waals surface area contributed by atoms with E-state index in [0.29, 0.717) is 5.54 Å². The first-order valence-electron chi connectivity index (χ1n) is 6.50. The summed E-state index contributed by atoms with van der Waals surface area (Å²) in [5.74, 6) is 4.46. The third kappa shape index (κ3) is 0.743. The highest BCUT2D eigenvalue weighted by Gasteiger charge is 2.61. The minimum atomic E-state index is 0.716. The molecule has 5 aliphatic rings. The molecule has 78 valence electrons. The third-order valence-corrected chi connectivity index (χ3v) is 6.11. The van der Waals surface area contributed by atoms with Crippen molar-refractivity contribution in [1.82, 2.24) is 4.90 Å². The van der Waals surface area contributed by atoms with Gasteiger partial charge in [0.25, 0.3) is 0 Å². The fourth-order valence-electron chi connectivity index (χ4n) is 5.63. The summed E-state index contributed by atoms with van der Waals surface area (Å²) in [5, 5.41) is 0. The Bertz CT molecular complexity index is 242. The number of hydrogen-bond donors (Lipinski definition) is 0. The maximum atomic E-state index is 2.71. The first-order valence-corrected chi connectivity index (χ1v) is 6.50. The normalized spacial score (nSPS) is 60.6. The molecule has 4 bridgehead atoms. The van der Waals surface area contributed by atoms with Crippen molar-refractivity contribution in [2.75, 3.05) is 13.6 Å². The van der Waals surface area contributed by atoms with Gasteiger partial charge in [-0.05, 0) is 69.2 Å². The van der Waals surface area contributed by atoms with Crippen LogP contribution in [0.25, 0.3) is 0 Å². The highest BCUT2D eigenvalue weighted by molar-refractivity contribution is 5.15. The van der Waals surface area contributed by atoms with E-state index in [2.05, 4.69) is 11.9 Å². The molecule has 1 spiro atoms. The SMILES string of the molecule is CN1CCC12[C@H]1C[C@H]3C[C@H](C1)C[C@H]2C3. The van der Waals surface area contributed by atoms with Gasteiger partial charge in [-0.3, -0.25) is 0 Å². The van der Waals surface area contributed by atoms with Gasteiger partial charge in [-0.25, -0.2) is 0 Å². The van der Waals surface area contributed by atoms with Crippen LogP contribution >= 0.6 is 0 Å². The minimum Gasteiger partial charge on any atom is -0.300 e. The fourth-order valence-corrected chi connectivity index (χ4v) is 5.63. The summed E-state index contributed by atoms with van der Waals surface area (Å²) in [6, 6.07) is 0. The second kappa shape index (κ2) is 2.37. The van der Waals surface area contributed by atoms with E-state index in [9.17, 15) is 0 Å². The van der Waals surface area contributed by atoms with Crippen molar-refractivity contribution < 1.29 is 0 Å². The lowest BCUT2D eigenvalue weighted by Crippen LogP contribution is -2.71. The average molecular weight is 191 g/mol. The van der Waals surface area contributed by atoms with Gasteiger partial charge in [-0.1, -0.05) is 0 Å². The first-order chi connectivity index (χ1) is 6.79. The van der Waals surface area contributed by atoms with E-state index in [4.69, 9.17) is 0 Å². The predicted octanol–water partition coefficient (Wildman–Crippen LogP) is 2.52. The molecule has 0 aromatic carbocycles. The highest BCUT2D eigenvalue weighted by Crippen LogP contribution is 2.63. The first kappa shape index (κ1) is 8.15. The molecule has 1 heteroatoms. The smallest absolute Gasteiger partial charge is 0.0275 e. The average Bonchev–Trinajstić information content (AvgIpc) is 2.14. The molecule has 0 atom stereocenters. The van der Waals surface area contributed by atoms with Crippen LogP contribution in [0.5, 0.6) is 0 Å². The quantitative estimate of drug-likeness (QED) is 0.568. The van der Waals surface area contributed by atoms with Crippen LogP contribution in [-0.4, -0.2) is 24.0 Å². The zero-order chi connectivity index (χ0) is 9.34. The maximum absolute atomic E-state index is 2.71. The van der Waals surface area contributed by atoms with Gasteiger partial charge in [0.05, 0.1) is 0 Å². The van der Waals surface area contributed by atoms with E-state index < -0.39 is 0 Å². The number of nitrogens with zero attached hydrogens (tertiary/aromatic N) is 1. The van der Waals surface area contributed by atoms with Crippen molar-refractivity contribution in [1.29, 1.82) is 0 Å². The van der Waals surface area contributed by atoms with Gasteiger partial charge in [0.15, 0.2) is 0 Å². The van der Waals surface area contributed by atoms with Crippen molar-refractivity contribution in [2.45, 2.75) is 44.1 Å². The van der Waals surface area contributed by atoms with E-state index >= 15 is 0 Å². The molecular formula is C13H21N. The summed E-state index contributed by atoms with van der Waals surface area (Å²) in [6.45, 7) is 1.38. The van der Waals surface area contributed by atoms with Crippen molar-refractivity contribution >= 4 is 0 Å². The number of rotatable bonds is 0. The second-order valence-corrected chi connectivity index (χ2v) is 6.47. The Morgan fingerprint density at radius 1 is 0.929 bits per heavy atom. The molecule has 1 heterocycles. The predicted molar refractivity (Wildman–Crippen MR) is 57.0 cm³/mol. The summed E-state index contributed by atoms with van der Waals surface area (Å²) >= 11 is 0.